The van der Waals surface area contributed by atoms with Crippen molar-refractivity contribution in [3.8, 4) is 16.4 Å². The van der Waals surface area contributed by atoms with Crippen LogP contribution < -0.4 is 0 Å². The highest BCUT2D eigenvalue weighted by atomic mass is 35.5. The first-order valence-electron chi connectivity index (χ1n) is 11.9. The van der Waals surface area contributed by atoms with E-state index in [9.17, 15) is 0 Å². The fourth-order valence-electron chi connectivity index (χ4n) is 6.53. The first-order chi connectivity index (χ1) is 16.2. The summed E-state index contributed by atoms with van der Waals surface area (Å²) in [5.74, 6) is 0.816. The summed E-state index contributed by atoms with van der Waals surface area (Å²) in [7, 11) is 0. The number of likely N-dealkylation sites (tertiary alicyclic amines) is 1. The van der Waals surface area contributed by atoms with Gasteiger partial charge in [-0.15, -0.1) is 16.4 Å². The minimum absolute atomic E-state index is 0.369. The van der Waals surface area contributed by atoms with E-state index in [0.29, 0.717) is 28.3 Å². The Bertz CT molecular complexity index is 1430. The van der Waals surface area contributed by atoms with Crippen LogP contribution in [0.1, 0.15) is 40.0 Å². The average Bonchev–Trinajstić information content (AvgIpc) is 3.37. The molecule has 2 bridgehead atoms. The molecule has 2 aliphatic rings. The van der Waals surface area contributed by atoms with Crippen LogP contribution in [0.3, 0.4) is 0 Å². The fraction of sp³-hybridized carbons (Fsp3) is 0.407. The zero-order chi connectivity index (χ0) is 23.7. The third-order valence-corrected chi connectivity index (χ3v) is 9.50. The maximum Gasteiger partial charge on any atom is 0.204 e. The molecule has 0 unspecified atom stereocenters. The average molecular weight is 509 g/mol. The van der Waals surface area contributed by atoms with Crippen molar-refractivity contribution in [2.75, 3.05) is 6.54 Å². The summed E-state index contributed by atoms with van der Waals surface area (Å²) in [6, 6.07) is 19.1. The maximum absolute atomic E-state index is 6.91. The van der Waals surface area contributed by atoms with E-state index < -0.39 is 0 Å². The van der Waals surface area contributed by atoms with Crippen molar-refractivity contribution in [3.63, 3.8) is 0 Å². The largest absolute Gasteiger partial charge is 0.281 e. The maximum atomic E-state index is 6.91. The molecule has 0 spiro atoms. The molecule has 0 N–H and O–H groups in total. The van der Waals surface area contributed by atoms with E-state index in [1.807, 2.05) is 28.9 Å². The molecule has 34 heavy (non-hydrogen) atoms. The van der Waals surface area contributed by atoms with Gasteiger partial charge in [-0.1, -0.05) is 68.8 Å². The zero-order valence-electron chi connectivity index (χ0n) is 19.8. The van der Waals surface area contributed by atoms with Crippen molar-refractivity contribution < 1.29 is 0 Å². The summed E-state index contributed by atoms with van der Waals surface area (Å²) in [5, 5.41) is 6.92. The van der Waals surface area contributed by atoms with Gasteiger partial charge >= 0.3 is 0 Å². The van der Waals surface area contributed by atoms with E-state index >= 15 is 0 Å². The highest BCUT2D eigenvalue weighted by molar-refractivity contribution is 7.71. The number of thiophene rings is 1. The Kier molecular flexibility index (Phi) is 5.30. The Balaban J connectivity index is 1.46. The number of fused-ring (bicyclic) bond motifs is 3. The van der Waals surface area contributed by atoms with Crippen molar-refractivity contribution in [1.29, 1.82) is 0 Å². The molecule has 2 atom stereocenters. The number of benzene rings is 2. The van der Waals surface area contributed by atoms with Crippen molar-refractivity contribution >= 4 is 45.2 Å². The second-order valence-corrected chi connectivity index (χ2v) is 12.9. The summed E-state index contributed by atoms with van der Waals surface area (Å²) in [6.07, 6.45) is 3.77. The van der Waals surface area contributed by atoms with Crippen molar-refractivity contribution in [3.05, 3.63) is 64.4 Å². The van der Waals surface area contributed by atoms with Crippen LogP contribution in [-0.2, 0) is 6.67 Å². The van der Waals surface area contributed by atoms with E-state index in [1.165, 1.54) is 19.3 Å². The van der Waals surface area contributed by atoms with Crippen LogP contribution in [0.2, 0.25) is 5.02 Å². The van der Waals surface area contributed by atoms with Gasteiger partial charge in [-0.05, 0) is 60.5 Å². The van der Waals surface area contributed by atoms with Gasteiger partial charge in [-0.3, -0.25) is 9.47 Å². The molecule has 6 rings (SSSR count). The van der Waals surface area contributed by atoms with E-state index in [1.54, 1.807) is 11.3 Å². The Hall–Kier alpha value is -1.99. The zero-order valence-corrected chi connectivity index (χ0v) is 22.2. The number of hydrogen-bond acceptors (Lipinski definition) is 4. The molecule has 0 amide bonds. The second-order valence-electron chi connectivity index (χ2n) is 11.1. The van der Waals surface area contributed by atoms with Crippen molar-refractivity contribution in [2.45, 2.75) is 52.7 Å². The van der Waals surface area contributed by atoms with Gasteiger partial charge in [-0.2, -0.15) is 0 Å². The first kappa shape index (κ1) is 22.5. The molecular formula is C27H29ClN4S2. The molecule has 7 heteroatoms. The molecule has 1 saturated carbocycles. The van der Waals surface area contributed by atoms with Gasteiger partial charge in [0.1, 0.15) is 0 Å². The lowest BCUT2D eigenvalue weighted by Crippen LogP contribution is -2.35. The van der Waals surface area contributed by atoms with E-state index in [4.69, 9.17) is 28.9 Å². The number of para-hydroxylation sites is 1. The normalized spacial score (nSPS) is 24.2. The predicted molar refractivity (Wildman–Crippen MR) is 144 cm³/mol. The van der Waals surface area contributed by atoms with Crippen LogP contribution in [0.4, 0.5) is 0 Å². The Morgan fingerprint density at radius 1 is 1.06 bits per heavy atom. The number of aromatic nitrogens is 3. The predicted octanol–water partition coefficient (Wildman–Crippen LogP) is 7.80. The highest BCUT2D eigenvalue weighted by Crippen LogP contribution is 2.52. The van der Waals surface area contributed by atoms with E-state index in [0.717, 1.165) is 38.0 Å². The number of halogens is 1. The number of rotatable bonds is 4. The van der Waals surface area contributed by atoms with Gasteiger partial charge in [0.05, 0.1) is 22.3 Å². The molecule has 1 aliphatic carbocycles. The van der Waals surface area contributed by atoms with Crippen molar-refractivity contribution in [2.24, 2.45) is 10.8 Å². The molecule has 2 fully saturated rings. The molecule has 1 saturated heterocycles. The molecule has 3 heterocycles. The summed E-state index contributed by atoms with van der Waals surface area (Å²) in [6.45, 7) is 9.09. The minimum Gasteiger partial charge on any atom is -0.281 e. The molecule has 2 aromatic heterocycles. The first-order valence-corrected chi connectivity index (χ1v) is 13.5. The summed E-state index contributed by atoms with van der Waals surface area (Å²) < 4.78 is 5.96. The smallest absolute Gasteiger partial charge is 0.204 e. The van der Waals surface area contributed by atoms with Gasteiger partial charge in [-0.25, -0.2) is 4.68 Å². The standard InChI is InChI=1S/C27H29ClN4S2/c1-26(2)13-19-14-27(3,15-26)16-30(19)17-31-25(33)32(18-9-5-4-6-10-18)24(29-31)23-22(28)20-11-7-8-12-21(20)34-23/h4-12,19H,13-17H2,1-3H3/t19-,27-/m0/s1. The second kappa shape index (κ2) is 8.02. The molecule has 1 aliphatic heterocycles. The summed E-state index contributed by atoms with van der Waals surface area (Å²) in [5.41, 5.74) is 1.76. The quantitative estimate of drug-likeness (QED) is 0.263. The van der Waals surface area contributed by atoms with Crippen LogP contribution in [-0.4, -0.2) is 31.8 Å². The topological polar surface area (TPSA) is 26.0 Å². The Morgan fingerprint density at radius 3 is 2.56 bits per heavy atom. The molecule has 0 radical (unpaired) electrons. The number of nitrogens with zero attached hydrogens (tertiary/aromatic N) is 4. The third-order valence-electron chi connectivity index (χ3n) is 7.43. The molecular weight excluding hydrogens is 480 g/mol. The van der Waals surface area contributed by atoms with Crippen molar-refractivity contribution in [1.82, 2.24) is 19.2 Å². The van der Waals surface area contributed by atoms with Gasteiger partial charge in [0.25, 0.3) is 0 Å². The third kappa shape index (κ3) is 3.76. The Labute approximate surface area is 214 Å². The van der Waals surface area contributed by atoms with Gasteiger partial charge in [0.15, 0.2) is 5.82 Å². The molecule has 4 nitrogen and oxygen atoms in total. The molecule has 4 aromatic rings. The van der Waals surface area contributed by atoms with Crippen LogP contribution in [0.15, 0.2) is 54.6 Å². The summed E-state index contributed by atoms with van der Waals surface area (Å²) in [4.78, 5) is 3.56. The number of hydrogen-bond donors (Lipinski definition) is 0. The van der Waals surface area contributed by atoms with Crippen LogP contribution in [0.25, 0.3) is 26.5 Å². The Morgan fingerprint density at radius 2 is 1.79 bits per heavy atom. The fourth-order valence-corrected chi connectivity index (χ4v) is 8.31. The van der Waals surface area contributed by atoms with Gasteiger partial charge in [0, 0.05) is 22.7 Å². The van der Waals surface area contributed by atoms with E-state index in [-0.39, 0.29) is 0 Å². The van der Waals surface area contributed by atoms with Crippen LogP contribution >= 0.6 is 35.2 Å². The summed E-state index contributed by atoms with van der Waals surface area (Å²) >= 11 is 14.6. The minimum atomic E-state index is 0.369. The monoisotopic (exact) mass is 508 g/mol. The van der Waals surface area contributed by atoms with Gasteiger partial charge in [0.2, 0.25) is 4.77 Å². The van der Waals surface area contributed by atoms with Crippen LogP contribution in [0.5, 0.6) is 0 Å². The van der Waals surface area contributed by atoms with Crippen LogP contribution in [0, 0.1) is 15.6 Å². The van der Waals surface area contributed by atoms with E-state index in [2.05, 4.69) is 60.6 Å². The lowest BCUT2D eigenvalue weighted by molar-refractivity contribution is 0.119. The highest BCUT2D eigenvalue weighted by Gasteiger charge is 2.49. The van der Waals surface area contributed by atoms with Gasteiger partial charge < -0.3 is 0 Å². The molecule has 2 aromatic carbocycles. The SMILES string of the molecule is CC1(C)C[C@H]2C[C@](C)(CN2Cn2nc(-c3sc4ccccc4c3Cl)n(-c3ccccc3)c2=S)C1. The lowest BCUT2D eigenvalue weighted by atomic mass is 9.65. The molecule has 176 valence electrons. The lowest BCUT2D eigenvalue weighted by Gasteiger charge is -2.39.